The van der Waals surface area contributed by atoms with E-state index < -0.39 is 0 Å². The predicted octanol–water partition coefficient (Wildman–Crippen LogP) is 5.56. The van der Waals surface area contributed by atoms with Gasteiger partial charge in [0.05, 0.1) is 17.4 Å². The number of hydrogen-bond donors (Lipinski definition) is 1. The summed E-state index contributed by atoms with van der Waals surface area (Å²) in [6, 6.07) is 12.9. The second-order valence-electron chi connectivity index (χ2n) is 9.80. The molecule has 2 aliphatic heterocycles. The molecule has 2 fully saturated rings. The maximum Gasteiger partial charge on any atom is 0.245 e. The first-order valence-corrected chi connectivity index (χ1v) is 14.6. The zero-order valence-corrected chi connectivity index (χ0v) is 22.4. The third-order valence-electron chi connectivity index (χ3n) is 7.30. The van der Waals surface area contributed by atoms with Gasteiger partial charge < -0.3 is 15.5 Å². The number of amides is 1. The van der Waals surface area contributed by atoms with E-state index in [9.17, 15) is 4.79 Å². The van der Waals surface area contributed by atoms with E-state index >= 15 is 0 Å². The number of nitrogens with two attached hydrogens (primary N) is 1. The van der Waals surface area contributed by atoms with Crippen LogP contribution in [0.3, 0.4) is 0 Å². The van der Waals surface area contributed by atoms with E-state index in [2.05, 4.69) is 28.0 Å². The van der Waals surface area contributed by atoms with Crippen molar-refractivity contribution in [3.63, 3.8) is 0 Å². The number of carbonyl (C=O) groups is 1. The summed E-state index contributed by atoms with van der Waals surface area (Å²) in [5, 5.41) is 1.49. The molecule has 35 heavy (non-hydrogen) atoms. The lowest BCUT2D eigenvalue weighted by Crippen LogP contribution is -2.52. The third-order valence-corrected chi connectivity index (χ3v) is 9.07. The van der Waals surface area contributed by atoms with Crippen LogP contribution in [0.4, 0.5) is 11.4 Å². The first-order chi connectivity index (χ1) is 17.1. The summed E-state index contributed by atoms with van der Waals surface area (Å²) in [5.41, 5.74) is 9.92. The molecule has 1 saturated heterocycles. The monoisotopic (exact) mass is 532 g/mol. The number of hydrogen-bond acceptors (Lipinski definition) is 5. The van der Waals surface area contributed by atoms with Crippen LogP contribution in [0.5, 0.6) is 0 Å². The number of nitrogens with zero attached hydrogens (tertiary/aromatic N) is 3. The standard InChI is InChI=1S/C27H34Cl2N4OS/c28-22-15-20(23(29)14-19(22)6-2-1-5-11-30)16-31-18-35-17-26(31)27(34)33-13-12-32(21-9-10-21)24-7-3-4-8-25(24)33/h3-4,7-8,14-15,21,26H,1-2,5-6,9-13,16-18,30H2. The summed E-state index contributed by atoms with van der Waals surface area (Å²) < 4.78 is 0. The van der Waals surface area contributed by atoms with Crippen LogP contribution in [-0.2, 0) is 17.8 Å². The molecule has 1 amide bonds. The summed E-state index contributed by atoms with van der Waals surface area (Å²) >= 11 is 15.1. The first kappa shape index (κ1) is 25.2. The quantitative estimate of drug-likeness (QED) is 0.428. The van der Waals surface area contributed by atoms with Gasteiger partial charge in [-0.25, -0.2) is 0 Å². The van der Waals surface area contributed by atoms with Crippen molar-refractivity contribution in [2.24, 2.45) is 5.73 Å². The zero-order chi connectivity index (χ0) is 24.4. The van der Waals surface area contributed by atoms with Gasteiger partial charge in [0.15, 0.2) is 0 Å². The van der Waals surface area contributed by atoms with Crippen LogP contribution < -0.4 is 15.5 Å². The van der Waals surface area contributed by atoms with Crippen LogP contribution >= 0.6 is 35.0 Å². The lowest BCUT2D eigenvalue weighted by Gasteiger charge is -2.39. The molecule has 1 aliphatic carbocycles. The zero-order valence-electron chi connectivity index (χ0n) is 20.1. The number of anilines is 2. The molecule has 2 aromatic rings. The van der Waals surface area contributed by atoms with E-state index in [4.69, 9.17) is 28.9 Å². The SMILES string of the molecule is NCCCCCc1cc(Cl)c(CN2CSCC2C(=O)N2CCN(C3CC3)c3ccccc32)cc1Cl. The van der Waals surface area contributed by atoms with Gasteiger partial charge >= 0.3 is 0 Å². The number of aryl methyl sites for hydroxylation is 1. The molecular weight excluding hydrogens is 499 g/mol. The van der Waals surface area contributed by atoms with Gasteiger partial charge in [0.1, 0.15) is 0 Å². The average molecular weight is 534 g/mol. The van der Waals surface area contributed by atoms with E-state index in [0.717, 1.165) is 83.8 Å². The molecule has 2 heterocycles. The Labute approximate surface area is 222 Å². The molecule has 0 aromatic heterocycles. The van der Waals surface area contributed by atoms with E-state index in [0.29, 0.717) is 12.6 Å². The number of thioether (sulfide) groups is 1. The van der Waals surface area contributed by atoms with Gasteiger partial charge in [-0.3, -0.25) is 9.69 Å². The van der Waals surface area contributed by atoms with Gasteiger partial charge in [-0.2, -0.15) is 0 Å². The van der Waals surface area contributed by atoms with Crippen molar-refractivity contribution in [2.75, 3.05) is 41.1 Å². The van der Waals surface area contributed by atoms with Gasteiger partial charge in [0.25, 0.3) is 0 Å². The minimum atomic E-state index is -0.161. The van der Waals surface area contributed by atoms with Crippen molar-refractivity contribution in [3.05, 3.63) is 57.6 Å². The molecule has 8 heteroatoms. The van der Waals surface area contributed by atoms with Crippen molar-refractivity contribution in [3.8, 4) is 0 Å². The van der Waals surface area contributed by atoms with Crippen LogP contribution in [0.1, 0.15) is 43.2 Å². The third kappa shape index (κ3) is 5.62. The fraction of sp³-hybridized carbons (Fsp3) is 0.519. The first-order valence-electron chi connectivity index (χ1n) is 12.7. The van der Waals surface area contributed by atoms with Gasteiger partial charge in [-0.05, 0) is 74.0 Å². The largest absolute Gasteiger partial charge is 0.365 e. The smallest absolute Gasteiger partial charge is 0.245 e. The molecule has 1 atom stereocenters. The van der Waals surface area contributed by atoms with Crippen molar-refractivity contribution in [2.45, 2.75) is 57.2 Å². The highest BCUT2D eigenvalue weighted by atomic mass is 35.5. The minimum absolute atomic E-state index is 0.161. The lowest BCUT2D eigenvalue weighted by molar-refractivity contribution is -0.122. The molecule has 2 aromatic carbocycles. The average Bonchev–Trinajstić information content (AvgIpc) is 3.61. The molecule has 0 bridgehead atoms. The Bertz CT molecular complexity index is 1060. The number of carbonyl (C=O) groups excluding carboxylic acids is 1. The highest BCUT2D eigenvalue weighted by Crippen LogP contribution is 2.41. The number of halogens is 2. The number of fused-ring (bicyclic) bond motifs is 1. The van der Waals surface area contributed by atoms with Crippen molar-refractivity contribution in [1.29, 1.82) is 0 Å². The maximum absolute atomic E-state index is 13.8. The number of para-hydroxylation sites is 2. The number of benzene rings is 2. The van der Waals surface area contributed by atoms with Gasteiger partial charge in [-0.15, -0.1) is 11.8 Å². The Morgan fingerprint density at radius 3 is 2.51 bits per heavy atom. The molecule has 5 nitrogen and oxygen atoms in total. The molecule has 2 N–H and O–H groups in total. The molecular formula is C27H34Cl2N4OS. The second-order valence-corrected chi connectivity index (χ2v) is 11.6. The van der Waals surface area contributed by atoms with E-state index in [1.807, 2.05) is 34.9 Å². The Morgan fingerprint density at radius 2 is 1.74 bits per heavy atom. The molecule has 1 saturated carbocycles. The van der Waals surface area contributed by atoms with Crippen LogP contribution in [0.2, 0.25) is 10.0 Å². The Morgan fingerprint density at radius 1 is 1.00 bits per heavy atom. The summed E-state index contributed by atoms with van der Waals surface area (Å²) in [4.78, 5) is 20.6. The Balaban J connectivity index is 1.29. The number of rotatable bonds is 9. The Hall–Kier alpha value is -1.44. The van der Waals surface area contributed by atoms with Crippen molar-refractivity contribution < 1.29 is 4.79 Å². The fourth-order valence-corrected chi connectivity index (χ4v) is 6.93. The van der Waals surface area contributed by atoms with Gasteiger partial charge in [-0.1, -0.05) is 41.8 Å². The highest BCUT2D eigenvalue weighted by molar-refractivity contribution is 7.99. The normalized spacial score (nSPS) is 20.4. The van der Waals surface area contributed by atoms with Crippen LogP contribution in [0.25, 0.3) is 0 Å². The van der Waals surface area contributed by atoms with E-state index in [1.54, 1.807) is 0 Å². The van der Waals surface area contributed by atoms with Crippen LogP contribution in [0, 0.1) is 0 Å². The Kier molecular flexibility index (Phi) is 8.15. The van der Waals surface area contributed by atoms with Gasteiger partial charge in [0, 0.05) is 47.4 Å². The van der Waals surface area contributed by atoms with Crippen LogP contribution in [-0.4, -0.2) is 54.2 Å². The molecule has 1 unspecified atom stereocenters. The van der Waals surface area contributed by atoms with Crippen LogP contribution in [0.15, 0.2) is 36.4 Å². The van der Waals surface area contributed by atoms with Gasteiger partial charge in [0.2, 0.25) is 5.91 Å². The molecule has 0 spiro atoms. The predicted molar refractivity (Wildman–Crippen MR) is 149 cm³/mol. The molecule has 188 valence electrons. The minimum Gasteiger partial charge on any atom is -0.365 e. The topological polar surface area (TPSA) is 52.8 Å². The lowest BCUT2D eigenvalue weighted by atomic mass is 10.0. The van der Waals surface area contributed by atoms with Crippen molar-refractivity contribution in [1.82, 2.24) is 4.90 Å². The maximum atomic E-state index is 13.8. The fourth-order valence-electron chi connectivity index (χ4n) is 5.22. The van der Waals surface area contributed by atoms with E-state index in [-0.39, 0.29) is 11.9 Å². The molecule has 5 rings (SSSR count). The highest BCUT2D eigenvalue weighted by Gasteiger charge is 2.39. The number of unbranched alkanes of at least 4 members (excludes halogenated alkanes) is 2. The molecule has 3 aliphatic rings. The summed E-state index contributed by atoms with van der Waals surface area (Å²) in [5.74, 6) is 1.81. The summed E-state index contributed by atoms with van der Waals surface area (Å²) in [6.07, 6.45) is 6.61. The summed E-state index contributed by atoms with van der Waals surface area (Å²) in [6.45, 7) is 3.00. The second kappa shape index (κ2) is 11.3. The van der Waals surface area contributed by atoms with E-state index in [1.165, 1.54) is 18.5 Å². The summed E-state index contributed by atoms with van der Waals surface area (Å²) in [7, 11) is 0. The molecule has 0 radical (unpaired) electrons. The van der Waals surface area contributed by atoms with Crippen molar-refractivity contribution >= 4 is 52.2 Å².